The number of hydrogen-bond donors (Lipinski definition) is 2. The molecule has 2 rings (SSSR count). The van der Waals surface area contributed by atoms with Crippen molar-refractivity contribution in [2.75, 3.05) is 6.54 Å². The predicted octanol–water partition coefficient (Wildman–Crippen LogP) is 3.12. The van der Waals surface area contributed by atoms with Crippen LogP contribution in [0.5, 0.6) is 0 Å². The second-order valence-electron chi connectivity index (χ2n) is 4.24. The lowest BCUT2D eigenvalue weighted by Crippen LogP contribution is -2.11. The van der Waals surface area contributed by atoms with E-state index in [1.54, 1.807) is 11.8 Å². The Balaban J connectivity index is 1.86. The van der Waals surface area contributed by atoms with Crippen molar-refractivity contribution < 1.29 is 0 Å². The quantitative estimate of drug-likeness (QED) is 0.785. The summed E-state index contributed by atoms with van der Waals surface area (Å²) in [6.07, 6.45) is 1.91. The zero-order valence-electron chi connectivity index (χ0n) is 10.9. The summed E-state index contributed by atoms with van der Waals surface area (Å²) in [6.45, 7) is 6.05. The van der Waals surface area contributed by atoms with Crippen LogP contribution < -0.4 is 5.32 Å². The second kappa shape index (κ2) is 6.61. The third-order valence-electron chi connectivity index (χ3n) is 2.64. The van der Waals surface area contributed by atoms with Crippen molar-refractivity contribution in [3.8, 4) is 0 Å². The van der Waals surface area contributed by atoms with Gasteiger partial charge in [0, 0.05) is 23.3 Å². The van der Waals surface area contributed by atoms with Crippen molar-refractivity contribution >= 4 is 11.8 Å². The van der Waals surface area contributed by atoms with Crippen LogP contribution in [0.15, 0.2) is 35.4 Å². The summed E-state index contributed by atoms with van der Waals surface area (Å²) in [5.74, 6) is 1.92. The average Bonchev–Trinajstić information content (AvgIpc) is 2.84. The first kappa shape index (κ1) is 13.2. The summed E-state index contributed by atoms with van der Waals surface area (Å²) in [7, 11) is 0. The van der Waals surface area contributed by atoms with Gasteiger partial charge in [-0.3, -0.25) is 0 Å². The number of rotatable bonds is 6. The summed E-state index contributed by atoms with van der Waals surface area (Å²) in [5, 5.41) is 3.28. The van der Waals surface area contributed by atoms with E-state index >= 15 is 0 Å². The number of thioether (sulfide) groups is 1. The van der Waals surface area contributed by atoms with Gasteiger partial charge in [0.25, 0.3) is 0 Å². The fraction of sp³-hybridized carbons (Fsp3) is 0.357. The molecular formula is C14H19N3S. The van der Waals surface area contributed by atoms with Crippen molar-refractivity contribution in [1.82, 2.24) is 15.3 Å². The van der Waals surface area contributed by atoms with E-state index in [1.807, 2.05) is 6.20 Å². The highest BCUT2D eigenvalue weighted by Crippen LogP contribution is 2.21. The number of nitrogens with zero attached hydrogens (tertiary/aromatic N) is 1. The molecule has 0 saturated carbocycles. The van der Waals surface area contributed by atoms with Gasteiger partial charge >= 0.3 is 0 Å². The summed E-state index contributed by atoms with van der Waals surface area (Å²) >= 11 is 1.81. The van der Waals surface area contributed by atoms with Crippen molar-refractivity contribution in [3.05, 3.63) is 47.5 Å². The molecule has 0 spiro atoms. The minimum atomic E-state index is 0.860. The van der Waals surface area contributed by atoms with Gasteiger partial charge < -0.3 is 10.3 Å². The molecule has 0 aliphatic rings. The van der Waals surface area contributed by atoms with Gasteiger partial charge in [-0.2, -0.15) is 0 Å². The number of benzene rings is 1. The lowest BCUT2D eigenvalue weighted by atomic mass is 10.2. The lowest BCUT2D eigenvalue weighted by molar-refractivity contribution is 0.713. The van der Waals surface area contributed by atoms with Crippen molar-refractivity contribution in [2.45, 2.75) is 31.0 Å². The van der Waals surface area contributed by atoms with Crippen molar-refractivity contribution in [3.63, 3.8) is 0 Å². The fourth-order valence-electron chi connectivity index (χ4n) is 1.61. The second-order valence-corrected chi connectivity index (χ2v) is 5.29. The average molecular weight is 261 g/mol. The molecule has 2 aromatic rings. The molecular weight excluding hydrogens is 242 g/mol. The maximum absolute atomic E-state index is 4.39. The van der Waals surface area contributed by atoms with Gasteiger partial charge in [0.2, 0.25) is 0 Å². The van der Waals surface area contributed by atoms with Crippen LogP contribution in [0.2, 0.25) is 0 Å². The van der Waals surface area contributed by atoms with Crippen LogP contribution in [-0.4, -0.2) is 16.5 Å². The van der Waals surface area contributed by atoms with Crippen LogP contribution in [-0.2, 0) is 12.3 Å². The Labute approximate surface area is 112 Å². The van der Waals surface area contributed by atoms with Crippen LogP contribution in [0.4, 0.5) is 0 Å². The molecule has 1 heterocycles. The molecule has 4 heteroatoms. The zero-order valence-corrected chi connectivity index (χ0v) is 11.7. The highest BCUT2D eigenvalue weighted by molar-refractivity contribution is 7.98. The first-order chi connectivity index (χ1) is 8.78. The molecule has 0 atom stereocenters. The van der Waals surface area contributed by atoms with Gasteiger partial charge in [-0.1, -0.05) is 24.6 Å². The minimum absolute atomic E-state index is 0.860. The van der Waals surface area contributed by atoms with Crippen LogP contribution >= 0.6 is 11.8 Å². The van der Waals surface area contributed by atoms with E-state index in [0.29, 0.717) is 0 Å². The van der Waals surface area contributed by atoms with E-state index in [0.717, 1.165) is 30.4 Å². The maximum Gasteiger partial charge on any atom is 0.116 e. The Morgan fingerprint density at radius 3 is 2.78 bits per heavy atom. The van der Waals surface area contributed by atoms with Crippen LogP contribution in [0.1, 0.15) is 24.0 Å². The predicted molar refractivity (Wildman–Crippen MR) is 76.7 cm³/mol. The van der Waals surface area contributed by atoms with Crippen LogP contribution in [0, 0.1) is 6.92 Å². The molecule has 0 fully saturated rings. The summed E-state index contributed by atoms with van der Waals surface area (Å²) in [4.78, 5) is 9.00. The smallest absolute Gasteiger partial charge is 0.116 e. The monoisotopic (exact) mass is 261 g/mol. The SMILES string of the molecule is CCNCc1cnc(CSc2ccc(C)cc2)[nH]1. The largest absolute Gasteiger partial charge is 0.344 e. The van der Waals surface area contributed by atoms with Gasteiger partial charge in [-0.05, 0) is 25.6 Å². The molecule has 96 valence electrons. The van der Waals surface area contributed by atoms with Gasteiger partial charge in [0.15, 0.2) is 0 Å². The summed E-state index contributed by atoms with van der Waals surface area (Å²) in [6, 6.07) is 8.59. The standard InChI is InChI=1S/C14H19N3S/c1-3-15-8-12-9-16-14(17-12)10-18-13-6-4-11(2)5-7-13/h4-7,9,15H,3,8,10H2,1-2H3,(H,16,17). The van der Waals surface area contributed by atoms with Gasteiger partial charge in [0.1, 0.15) is 5.82 Å². The Morgan fingerprint density at radius 1 is 1.28 bits per heavy atom. The minimum Gasteiger partial charge on any atom is -0.344 e. The highest BCUT2D eigenvalue weighted by Gasteiger charge is 2.01. The molecule has 0 bridgehead atoms. The van der Waals surface area contributed by atoms with Crippen molar-refractivity contribution in [2.24, 2.45) is 0 Å². The van der Waals surface area contributed by atoms with E-state index in [9.17, 15) is 0 Å². The maximum atomic E-state index is 4.39. The first-order valence-electron chi connectivity index (χ1n) is 6.21. The highest BCUT2D eigenvalue weighted by atomic mass is 32.2. The molecule has 0 aliphatic carbocycles. The number of aromatic nitrogens is 2. The molecule has 1 aromatic carbocycles. The topological polar surface area (TPSA) is 40.7 Å². The Kier molecular flexibility index (Phi) is 4.84. The van der Waals surface area contributed by atoms with Gasteiger partial charge in [-0.25, -0.2) is 4.98 Å². The summed E-state index contributed by atoms with van der Waals surface area (Å²) < 4.78 is 0. The third-order valence-corrected chi connectivity index (χ3v) is 3.67. The van der Waals surface area contributed by atoms with E-state index < -0.39 is 0 Å². The molecule has 0 saturated heterocycles. The zero-order chi connectivity index (χ0) is 12.8. The number of H-pyrrole nitrogens is 1. The first-order valence-corrected chi connectivity index (χ1v) is 7.19. The fourth-order valence-corrected chi connectivity index (χ4v) is 2.39. The van der Waals surface area contributed by atoms with Gasteiger partial charge in [-0.15, -0.1) is 11.8 Å². The number of hydrogen-bond acceptors (Lipinski definition) is 3. The molecule has 3 nitrogen and oxygen atoms in total. The molecule has 1 aromatic heterocycles. The molecule has 0 amide bonds. The summed E-state index contributed by atoms with van der Waals surface area (Å²) in [5.41, 5.74) is 2.45. The van der Waals surface area contributed by atoms with Gasteiger partial charge in [0.05, 0.1) is 5.75 Å². The Bertz CT molecular complexity index is 476. The molecule has 0 radical (unpaired) electrons. The van der Waals surface area contributed by atoms with Crippen LogP contribution in [0.25, 0.3) is 0 Å². The van der Waals surface area contributed by atoms with E-state index in [1.165, 1.54) is 10.5 Å². The van der Waals surface area contributed by atoms with Crippen LogP contribution in [0.3, 0.4) is 0 Å². The van der Waals surface area contributed by atoms with E-state index in [-0.39, 0.29) is 0 Å². The van der Waals surface area contributed by atoms with E-state index in [2.05, 4.69) is 53.4 Å². The Morgan fingerprint density at radius 2 is 2.06 bits per heavy atom. The Hall–Kier alpha value is -1.26. The van der Waals surface area contributed by atoms with Crippen molar-refractivity contribution in [1.29, 1.82) is 0 Å². The van der Waals surface area contributed by atoms with E-state index in [4.69, 9.17) is 0 Å². The number of aryl methyl sites for hydroxylation is 1. The number of aromatic amines is 1. The third kappa shape index (κ3) is 3.89. The molecule has 2 N–H and O–H groups in total. The molecule has 0 unspecified atom stereocenters. The normalized spacial score (nSPS) is 10.8. The lowest BCUT2D eigenvalue weighted by Gasteiger charge is -2.00. The number of nitrogens with one attached hydrogen (secondary N) is 2. The molecule has 18 heavy (non-hydrogen) atoms. The molecule has 0 aliphatic heterocycles. The number of imidazole rings is 1.